The Morgan fingerprint density at radius 3 is 2.47 bits per heavy atom. The second-order valence-electron chi connectivity index (χ2n) is 5.91. The molecule has 2 atom stereocenters. The maximum atomic E-state index is 3.80. The topological polar surface area (TPSA) is 15.3 Å². The summed E-state index contributed by atoms with van der Waals surface area (Å²) in [4.78, 5) is 2.74. The molecule has 0 aromatic heterocycles. The normalized spacial score (nSPS) is 30.4. The average molecular weight is 256 g/mol. The van der Waals surface area contributed by atoms with Crippen molar-refractivity contribution >= 4 is 0 Å². The van der Waals surface area contributed by atoms with E-state index in [4.69, 9.17) is 0 Å². The molecule has 2 unspecified atom stereocenters. The molecule has 3 rings (SSSR count). The SMILES string of the molecule is C=CCNC1CC2CCC(C1)N2Cc1ccccc1. The molecular weight excluding hydrogens is 232 g/mol. The zero-order valence-electron chi connectivity index (χ0n) is 11.6. The molecule has 2 nitrogen and oxygen atoms in total. The maximum absolute atomic E-state index is 3.80. The molecule has 0 saturated carbocycles. The Bertz CT molecular complexity index is 401. The molecule has 1 aromatic carbocycles. The Morgan fingerprint density at radius 2 is 1.84 bits per heavy atom. The Kier molecular flexibility index (Phi) is 4.00. The van der Waals surface area contributed by atoms with Crippen molar-refractivity contribution in [2.75, 3.05) is 6.54 Å². The number of fused-ring (bicyclic) bond motifs is 2. The average Bonchev–Trinajstić information content (AvgIpc) is 2.69. The summed E-state index contributed by atoms with van der Waals surface area (Å²) in [6.45, 7) is 5.87. The highest BCUT2D eigenvalue weighted by atomic mass is 15.2. The molecule has 0 spiro atoms. The smallest absolute Gasteiger partial charge is 0.0239 e. The lowest BCUT2D eigenvalue weighted by molar-refractivity contribution is 0.110. The van der Waals surface area contributed by atoms with Crippen LogP contribution in [0.5, 0.6) is 0 Å². The molecule has 0 aliphatic carbocycles. The van der Waals surface area contributed by atoms with Gasteiger partial charge < -0.3 is 5.32 Å². The first-order valence-electron chi connectivity index (χ1n) is 7.51. The van der Waals surface area contributed by atoms with E-state index in [9.17, 15) is 0 Å². The highest BCUT2D eigenvalue weighted by Gasteiger charge is 2.40. The van der Waals surface area contributed by atoms with Crippen molar-refractivity contribution in [2.45, 2.75) is 50.4 Å². The Labute approximate surface area is 116 Å². The van der Waals surface area contributed by atoms with Gasteiger partial charge >= 0.3 is 0 Å². The third-order valence-electron chi connectivity index (χ3n) is 4.64. The number of nitrogens with zero attached hydrogens (tertiary/aromatic N) is 1. The second-order valence-corrected chi connectivity index (χ2v) is 5.91. The standard InChI is InChI=1S/C17H24N2/c1-2-10-18-15-11-16-8-9-17(12-15)19(16)13-14-6-4-3-5-7-14/h2-7,15-18H,1,8-13H2. The largest absolute Gasteiger partial charge is 0.310 e. The van der Waals surface area contributed by atoms with Crippen LogP contribution in [0.15, 0.2) is 43.0 Å². The van der Waals surface area contributed by atoms with Gasteiger partial charge in [-0.3, -0.25) is 4.90 Å². The summed E-state index contributed by atoms with van der Waals surface area (Å²) in [5.74, 6) is 0. The zero-order valence-corrected chi connectivity index (χ0v) is 11.6. The number of hydrogen-bond donors (Lipinski definition) is 1. The van der Waals surface area contributed by atoms with Crippen LogP contribution in [0.25, 0.3) is 0 Å². The van der Waals surface area contributed by atoms with Crippen molar-refractivity contribution in [1.82, 2.24) is 10.2 Å². The minimum absolute atomic E-state index is 0.697. The predicted octanol–water partition coefficient (Wildman–Crippen LogP) is 2.96. The van der Waals surface area contributed by atoms with E-state index in [0.717, 1.165) is 25.2 Å². The quantitative estimate of drug-likeness (QED) is 0.815. The molecule has 2 aliphatic rings. The molecular formula is C17H24N2. The van der Waals surface area contributed by atoms with Crippen LogP contribution in [0.1, 0.15) is 31.2 Å². The molecule has 0 amide bonds. The van der Waals surface area contributed by atoms with Crippen LogP contribution >= 0.6 is 0 Å². The first kappa shape index (κ1) is 12.9. The van der Waals surface area contributed by atoms with Crippen LogP contribution in [-0.2, 0) is 6.54 Å². The van der Waals surface area contributed by atoms with E-state index in [1.54, 1.807) is 0 Å². The number of piperidine rings is 1. The Balaban J connectivity index is 1.62. The van der Waals surface area contributed by atoms with Gasteiger partial charge in [-0.15, -0.1) is 6.58 Å². The lowest BCUT2D eigenvalue weighted by Crippen LogP contribution is -2.48. The second kappa shape index (κ2) is 5.89. The van der Waals surface area contributed by atoms with Crippen LogP contribution in [0.4, 0.5) is 0 Å². The zero-order chi connectivity index (χ0) is 13.1. The molecule has 2 heterocycles. The van der Waals surface area contributed by atoms with Gasteiger partial charge in [0.1, 0.15) is 0 Å². The van der Waals surface area contributed by atoms with Crippen molar-refractivity contribution in [2.24, 2.45) is 0 Å². The molecule has 19 heavy (non-hydrogen) atoms. The van der Waals surface area contributed by atoms with E-state index < -0.39 is 0 Å². The molecule has 2 heteroatoms. The number of nitrogens with one attached hydrogen (secondary N) is 1. The minimum atomic E-state index is 0.697. The van der Waals surface area contributed by atoms with E-state index in [0.29, 0.717) is 6.04 Å². The van der Waals surface area contributed by atoms with Crippen molar-refractivity contribution in [3.8, 4) is 0 Å². The van der Waals surface area contributed by atoms with E-state index in [2.05, 4.69) is 47.1 Å². The summed E-state index contributed by atoms with van der Waals surface area (Å²) in [6.07, 6.45) is 7.33. The first-order chi connectivity index (χ1) is 9.36. The van der Waals surface area contributed by atoms with Crippen molar-refractivity contribution in [1.29, 1.82) is 0 Å². The Hall–Kier alpha value is -1.12. The number of rotatable bonds is 5. The van der Waals surface area contributed by atoms with Crippen molar-refractivity contribution in [3.05, 3.63) is 48.6 Å². The summed E-state index contributed by atoms with van der Waals surface area (Å²) in [5, 5.41) is 3.61. The molecule has 2 fully saturated rings. The fourth-order valence-corrected chi connectivity index (χ4v) is 3.74. The van der Waals surface area contributed by atoms with E-state index >= 15 is 0 Å². The van der Waals surface area contributed by atoms with Crippen molar-refractivity contribution in [3.63, 3.8) is 0 Å². The molecule has 2 saturated heterocycles. The molecule has 2 aliphatic heterocycles. The van der Waals surface area contributed by atoms with Gasteiger partial charge in [0.05, 0.1) is 0 Å². The van der Waals surface area contributed by atoms with Crippen molar-refractivity contribution < 1.29 is 0 Å². The predicted molar refractivity (Wildman–Crippen MR) is 80.0 cm³/mol. The van der Waals surface area contributed by atoms with Crippen LogP contribution in [0, 0.1) is 0 Å². The summed E-state index contributed by atoms with van der Waals surface area (Å²) >= 11 is 0. The summed E-state index contributed by atoms with van der Waals surface area (Å²) in [6, 6.07) is 13.2. The van der Waals surface area contributed by atoms with E-state index in [1.807, 2.05) is 6.08 Å². The molecule has 1 aromatic rings. The third-order valence-corrected chi connectivity index (χ3v) is 4.64. The number of hydrogen-bond acceptors (Lipinski definition) is 2. The lowest BCUT2D eigenvalue weighted by Gasteiger charge is -2.39. The molecule has 2 bridgehead atoms. The number of benzene rings is 1. The third kappa shape index (κ3) is 2.90. The van der Waals surface area contributed by atoms with E-state index in [1.165, 1.54) is 31.2 Å². The highest BCUT2D eigenvalue weighted by Crippen LogP contribution is 2.36. The van der Waals surface area contributed by atoms with Gasteiger partial charge in [-0.25, -0.2) is 0 Å². The van der Waals surface area contributed by atoms with Gasteiger partial charge in [0.25, 0.3) is 0 Å². The maximum Gasteiger partial charge on any atom is 0.0239 e. The lowest BCUT2D eigenvalue weighted by atomic mass is 9.96. The Morgan fingerprint density at radius 1 is 1.16 bits per heavy atom. The van der Waals surface area contributed by atoms with Gasteiger partial charge in [0.15, 0.2) is 0 Å². The van der Waals surface area contributed by atoms with Gasteiger partial charge in [-0.2, -0.15) is 0 Å². The van der Waals surface area contributed by atoms with Crippen LogP contribution in [0.2, 0.25) is 0 Å². The highest BCUT2D eigenvalue weighted by molar-refractivity contribution is 5.15. The summed E-state index contributed by atoms with van der Waals surface area (Å²) < 4.78 is 0. The van der Waals surface area contributed by atoms with Gasteiger partial charge in [-0.1, -0.05) is 36.4 Å². The fraction of sp³-hybridized carbons (Fsp3) is 0.529. The van der Waals surface area contributed by atoms with Crippen LogP contribution in [-0.4, -0.2) is 29.6 Å². The molecule has 1 N–H and O–H groups in total. The van der Waals surface area contributed by atoms with Crippen LogP contribution < -0.4 is 5.32 Å². The van der Waals surface area contributed by atoms with Gasteiger partial charge in [0.2, 0.25) is 0 Å². The fourth-order valence-electron chi connectivity index (χ4n) is 3.74. The van der Waals surface area contributed by atoms with E-state index in [-0.39, 0.29) is 0 Å². The molecule has 0 radical (unpaired) electrons. The minimum Gasteiger partial charge on any atom is -0.310 e. The van der Waals surface area contributed by atoms with Crippen LogP contribution in [0.3, 0.4) is 0 Å². The van der Waals surface area contributed by atoms with Gasteiger partial charge in [0, 0.05) is 31.2 Å². The summed E-state index contributed by atoms with van der Waals surface area (Å²) in [7, 11) is 0. The molecule has 102 valence electrons. The summed E-state index contributed by atoms with van der Waals surface area (Å²) in [5.41, 5.74) is 1.46. The van der Waals surface area contributed by atoms with Gasteiger partial charge in [-0.05, 0) is 31.2 Å². The monoisotopic (exact) mass is 256 g/mol. The first-order valence-corrected chi connectivity index (χ1v) is 7.51.